The average Bonchev–Trinajstić information content (AvgIpc) is 3.63. The average molecular weight is 545 g/mol. The second kappa shape index (κ2) is 12.1. The number of allylic oxidation sites excluding steroid dienone is 1. The first-order chi connectivity index (χ1) is 19.0. The number of amidine groups is 1. The summed E-state index contributed by atoms with van der Waals surface area (Å²) in [5.41, 5.74) is 4.26. The molecule has 204 valence electrons. The Labute approximate surface area is 235 Å². The van der Waals surface area contributed by atoms with Crippen LogP contribution in [0.4, 0.5) is 0 Å². The number of thioether (sulfide) groups is 1. The van der Waals surface area contributed by atoms with Crippen LogP contribution in [0.15, 0.2) is 82.0 Å². The number of carbonyl (C=O) groups is 2. The lowest BCUT2D eigenvalue weighted by Gasteiger charge is -2.38. The molecule has 3 aliphatic heterocycles. The molecule has 39 heavy (non-hydrogen) atoms. The van der Waals surface area contributed by atoms with Gasteiger partial charge in [-0.1, -0.05) is 54.2 Å². The van der Waals surface area contributed by atoms with Crippen LogP contribution in [0.2, 0.25) is 0 Å². The Morgan fingerprint density at radius 3 is 2.51 bits per heavy atom. The number of carbonyl (C=O) groups excluding carboxylic acids is 2. The van der Waals surface area contributed by atoms with E-state index >= 15 is 0 Å². The summed E-state index contributed by atoms with van der Waals surface area (Å²) in [4.78, 5) is 37.8. The summed E-state index contributed by atoms with van der Waals surface area (Å²) in [7, 11) is 0. The van der Waals surface area contributed by atoms with Gasteiger partial charge in [-0.2, -0.15) is 0 Å². The van der Waals surface area contributed by atoms with Crippen molar-refractivity contribution in [2.24, 2.45) is 4.99 Å². The van der Waals surface area contributed by atoms with E-state index in [0.29, 0.717) is 37.4 Å². The molecule has 2 aromatic carbocycles. The van der Waals surface area contributed by atoms with Crippen molar-refractivity contribution in [1.82, 2.24) is 14.7 Å². The Balaban J connectivity index is 1.50. The van der Waals surface area contributed by atoms with Crippen molar-refractivity contribution in [2.75, 3.05) is 26.2 Å². The highest BCUT2D eigenvalue weighted by Crippen LogP contribution is 2.45. The minimum absolute atomic E-state index is 0.0250. The number of ether oxygens (including phenoxy) is 1. The van der Waals surface area contributed by atoms with Crippen molar-refractivity contribution in [3.63, 3.8) is 0 Å². The van der Waals surface area contributed by atoms with Crippen molar-refractivity contribution in [2.45, 2.75) is 52.7 Å². The summed E-state index contributed by atoms with van der Waals surface area (Å²) >= 11 is 1.52. The minimum Gasteiger partial charge on any atom is -0.489 e. The van der Waals surface area contributed by atoms with Crippen LogP contribution in [0.25, 0.3) is 0 Å². The second-order valence-electron chi connectivity index (χ2n) is 9.98. The van der Waals surface area contributed by atoms with E-state index < -0.39 is 6.04 Å². The summed E-state index contributed by atoms with van der Waals surface area (Å²) in [5.74, 6) is 0.837. The van der Waals surface area contributed by atoms with Crippen LogP contribution < -0.4 is 4.74 Å². The fraction of sp³-hybridized carbons (Fsp3) is 0.387. The lowest BCUT2D eigenvalue weighted by Crippen LogP contribution is -2.42. The van der Waals surface area contributed by atoms with E-state index in [1.165, 1.54) is 11.8 Å². The number of nitrogens with zero attached hydrogens (tertiary/aromatic N) is 4. The van der Waals surface area contributed by atoms with Crippen molar-refractivity contribution in [3.8, 4) is 5.75 Å². The normalized spacial score (nSPS) is 18.6. The summed E-state index contributed by atoms with van der Waals surface area (Å²) in [6.45, 7) is 9.21. The molecule has 8 heteroatoms. The van der Waals surface area contributed by atoms with Gasteiger partial charge < -0.3 is 19.4 Å². The highest BCUT2D eigenvalue weighted by atomic mass is 32.2. The first-order valence-corrected chi connectivity index (χ1v) is 14.7. The van der Waals surface area contributed by atoms with Gasteiger partial charge in [-0.25, -0.2) is 4.99 Å². The van der Waals surface area contributed by atoms with Crippen molar-refractivity contribution in [1.29, 1.82) is 0 Å². The van der Waals surface area contributed by atoms with Crippen LogP contribution in [-0.4, -0.2) is 57.9 Å². The van der Waals surface area contributed by atoms with Crippen LogP contribution in [0.1, 0.15) is 57.2 Å². The molecule has 0 aromatic heterocycles. The predicted molar refractivity (Wildman–Crippen MR) is 156 cm³/mol. The molecule has 0 radical (unpaired) electrons. The maximum absolute atomic E-state index is 13.9. The number of rotatable bonds is 9. The van der Waals surface area contributed by atoms with E-state index in [0.717, 1.165) is 53.7 Å². The maximum atomic E-state index is 13.9. The number of likely N-dealkylation sites (N-methyl/N-ethyl adjacent to an activating group) is 1. The third-order valence-corrected chi connectivity index (χ3v) is 8.38. The Morgan fingerprint density at radius 2 is 1.79 bits per heavy atom. The molecule has 3 heterocycles. The molecule has 1 unspecified atom stereocenters. The molecule has 5 rings (SSSR count). The fourth-order valence-corrected chi connectivity index (χ4v) is 6.35. The standard InChI is InChI=1S/C31H36N4O3S/c1-4-33(5-2)30(37)28-22(3)32-31-35(25(21-39-31)19-27(36)34-16-9-10-17-34)29(28)24-14-11-15-26(18-24)38-20-23-12-7-6-8-13-23/h6-8,11-15,18,21,29H,4-5,9-10,16-17,19-20H2,1-3H3. The van der Waals surface area contributed by atoms with Gasteiger partial charge in [0.05, 0.1) is 23.7 Å². The maximum Gasteiger partial charge on any atom is 0.254 e. The van der Waals surface area contributed by atoms with Crippen molar-refractivity contribution in [3.05, 3.63) is 88.1 Å². The van der Waals surface area contributed by atoms with Gasteiger partial charge in [0.15, 0.2) is 5.17 Å². The number of aliphatic imine (C=N–C) groups is 1. The monoisotopic (exact) mass is 544 g/mol. The van der Waals surface area contributed by atoms with Crippen LogP contribution in [0, 0.1) is 0 Å². The van der Waals surface area contributed by atoms with Gasteiger partial charge in [-0.3, -0.25) is 9.59 Å². The SMILES string of the molecule is CCN(CC)C(=O)C1=C(C)N=C2SC=C(CC(=O)N3CCCC3)N2C1c1cccc(OCc2ccccc2)c1. The van der Waals surface area contributed by atoms with Crippen LogP contribution in [0.5, 0.6) is 5.75 Å². The number of benzene rings is 2. The predicted octanol–water partition coefficient (Wildman–Crippen LogP) is 5.72. The molecule has 2 aromatic rings. The molecule has 0 N–H and O–H groups in total. The van der Waals surface area contributed by atoms with E-state index in [1.807, 2.05) is 90.6 Å². The topological polar surface area (TPSA) is 65.5 Å². The van der Waals surface area contributed by atoms with Crippen LogP contribution in [-0.2, 0) is 16.2 Å². The number of likely N-dealkylation sites (tertiary alicyclic amines) is 1. The van der Waals surface area contributed by atoms with E-state index in [2.05, 4.69) is 4.90 Å². The summed E-state index contributed by atoms with van der Waals surface area (Å²) in [6.07, 6.45) is 2.40. The minimum atomic E-state index is -0.404. The van der Waals surface area contributed by atoms with E-state index in [-0.39, 0.29) is 11.8 Å². The quantitative estimate of drug-likeness (QED) is 0.404. The molecular formula is C31H36N4O3S. The number of hydrogen-bond donors (Lipinski definition) is 0. The van der Waals surface area contributed by atoms with E-state index in [9.17, 15) is 9.59 Å². The number of amides is 2. The number of fused-ring (bicyclic) bond motifs is 1. The largest absolute Gasteiger partial charge is 0.489 e. The van der Waals surface area contributed by atoms with Gasteiger partial charge in [0.25, 0.3) is 5.91 Å². The zero-order valence-corrected chi connectivity index (χ0v) is 23.7. The first kappa shape index (κ1) is 27.1. The van der Waals surface area contributed by atoms with Gasteiger partial charge in [0, 0.05) is 31.9 Å². The molecule has 7 nitrogen and oxygen atoms in total. The van der Waals surface area contributed by atoms with Gasteiger partial charge in [-0.05, 0) is 62.3 Å². The van der Waals surface area contributed by atoms with Gasteiger partial charge in [0.1, 0.15) is 12.4 Å². The Bertz CT molecular complexity index is 1310. The van der Waals surface area contributed by atoms with Crippen molar-refractivity contribution < 1.29 is 14.3 Å². The Hall–Kier alpha value is -3.52. The van der Waals surface area contributed by atoms with Gasteiger partial charge in [0.2, 0.25) is 5.91 Å². The lowest BCUT2D eigenvalue weighted by molar-refractivity contribution is -0.129. The molecule has 1 atom stereocenters. The lowest BCUT2D eigenvalue weighted by atomic mass is 9.92. The molecule has 0 saturated carbocycles. The highest BCUT2D eigenvalue weighted by Gasteiger charge is 2.41. The summed E-state index contributed by atoms with van der Waals surface area (Å²) in [6, 6.07) is 17.6. The smallest absolute Gasteiger partial charge is 0.254 e. The third-order valence-electron chi connectivity index (χ3n) is 7.49. The number of hydrogen-bond acceptors (Lipinski definition) is 6. The highest BCUT2D eigenvalue weighted by molar-refractivity contribution is 8.16. The van der Waals surface area contributed by atoms with E-state index in [1.54, 1.807) is 0 Å². The molecule has 0 bridgehead atoms. The Morgan fingerprint density at radius 1 is 1.05 bits per heavy atom. The zero-order valence-electron chi connectivity index (χ0n) is 22.9. The molecule has 1 saturated heterocycles. The van der Waals surface area contributed by atoms with E-state index in [4.69, 9.17) is 9.73 Å². The molecule has 3 aliphatic rings. The molecular weight excluding hydrogens is 508 g/mol. The molecule has 2 amide bonds. The van der Waals surface area contributed by atoms with Crippen molar-refractivity contribution >= 4 is 28.7 Å². The summed E-state index contributed by atoms with van der Waals surface area (Å²) < 4.78 is 6.17. The molecule has 0 spiro atoms. The first-order valence-electron chi connectivity index (χ1n) is 13.8. The molecule has 1 fully saturated rings. The van der Waals surface area contributed by atoms with Crippen LogP contribution >= 0.6 is 11.8 Å². The third kappa shape index (κ3) is 5.76. The zero-order chi connectivity index (χ0) is 27.4. The van der Waals surface area contributed by atoms with Crippen LogP contribution in [0.3, 0.4) is 0 Å². The second-order valence-corrected chi connectivity index (χ2v) is 10.8. The Kier molecular flexibility index (Phi) is 8.41. The molecule has 0 aliphatic carbocycles. The van der Waals surface area contributed by atoms with Gasteiger partial charge in [-0.15, -0.1) is 0 Å². The fourth-order valence-electron chi connectivity index (χ4n) is 5.39. The van der Waals surface area contributed by atoms with Gasteiger partial charge >= 0.3 is 0 Å². The summed E-state index contributed by atoms with van der Waals surface area (Å²) in [5, 5.41) is 2.82.